The number of hydrogen-bond acceptors (Lipinski definition) is 5. The van der Waals surface area contributed by atoms with E-state index in [1.165, 1.54) is 12.6 Å². The maximum Gasteiger partial charge on any atom is 0.257 e. The molecule has 7 nitrogen and oxygen atoms in total. The number of amides is 2. The summed E-state index contributed by atoms with van der Waals surface area (Å²) in [5.74, 6) is 0.601. The Balaban J connectivity index is 1.50. The number of rotatable bonds is 2. The van der Waals surface area contributed by atoms with Crippen LogP contribution in [0, 0.1) is 18.8 Å². The number of carbonyl (C=O) groups is 2. The third-order valence-electron chi connectivity index (χ3n) is 4.68. The van der Waals surface area contributed by atoms with Gasteiger partial charge >= 0.3 is 0 Å². The first-order valence-electron chi connectivity index (χ1n) is 7.55. The molecule has 0 spiro atoms. The Morgan fingerprint density at radius 1 is 1.26 bits per heavy atom. The van der Waals surface area contributed by atoms with Gasteiger partial charge < -0.3 is 14.2 Å². The molecule has 0 aromatic carbocycles. The predicted molar refractivity (Wildman–Crippen MR) is 80.7 cm³/mol. The van der Waals surface area contributed by atoms with Crippen LogP contribution >= 0.6 is 0 Å². The zero-order valence-electron chi connectivity index (χ0n) is 12.7. The van der Waals surface area contributed by atoms with E-state index in [1.807, 2.05) is 0 Å². The van der Waals surface area contributed by atoms with Gasteiger partial charge in [-0.05, 0) is 13.0 Å². The lowest BCUT2D eigenvalue weighted by molar-refractivity contribution is -0.120. The number of anilines is 1. The first kappa shape index (κ1) is 13.9. The van der Waals surface area contributed by atoms with E-state index in [0.717, 1.165) is 5.69 Å². The van der Waals surface area contributed by atoms with Crippen LogP contribution in [-0.4, -0.2) is 46.3 Å². The lowest BCUT2D eigenvalue weighted by atomic mass is 10.0. The Kier molecular flexibility index (Phi) is 3.14. The van der Waals surface area contributed by atoms with Crippen LogP contribution in [0.5, 0.6) is 0 Å². The van der Waals surface area contributed by atoms with E-state index in [4.69, 9.17) is 4.42 Å². The molecule has 4 rings (SSSR count). The second-order valence-corrected chi connectivity index (χ2v) is 6.01. The number of carbonyl (C=O) groups excluding carboxylic acids is 2. The number of aryl methyl sites for hydroxylation is 1. The SMILES string of the molecule is Cc1occc1C(=O)N1C[C@H]2CN(c3cncnc3)C(=O)[C@@H]2C1. The summed E-state index contributed by atoms with van der Waals surface area (Å²) in [7, 11) is 0. The Bertz CT molecular complexity index is 758. The summed E-state index contributed by atoms with van der Waals surface area (Å²) < 4.78 is 5.20. The number of furan rings is 1. The van der Waals surface area contributed by atoms with E-state index in [1.54, 1.807) is 35.2 Å². The maximum atomic E-state index is 12.6. The van der Waals surface area contributed by atoms with Crippen molar-refractivity contribution in [3.05, 3.63) is 42.4 Å². The summed E-state index contributed by atoms with van der Waals surface area (Å²) in [6.45, 7) is 3.42. The molecule has 2 amide bonds. The van der Waals surface area contributed by atoms with Crippen LogP contribution in [0.2, 0.25) is 0 Å². The van der Waals surface area contributed by atoms with Gasteiger partial charge in [0.2, 0.25) is 5.91 Å². The third-order valence-corrected chi connectivity index (χ3v) is 4.68. The number of likely N-dealkylation sites (tertiary alicyclic amines) is 1. The average Bonchev–Trinajstić information content (AvgIpc) is 3.24. The van der Waals surface area contributed by atoms with Crippen molar-refractivity contribution in [3.63, 3.8) is 0 Å². The molecule has 118 valence electrons. The highest BCUT2D eigenvalue weighted by Crippen LogP contribution is 2.35. The molecule has 7 heteroatoms. The summed E-state index contributed by atoms with van der Waals surface area (Å²) in [5, 5.41) is 0. The van der Waals surface area contributed by atoms with E-state index in [-0.39, 0.29) is 23.7 Å². The maximum absolute atomic E-state index is 12.6. The van der Waals surface area contributed by atoms with Crippen molar-refractivity contribution in [1.29, 1.82) is 0 Å². The van der Waals surface area contributed by atoms with Crippen molar-refractivity contribution in [2.75, 3.05) is 24.5 Å². The fourth-order valence-electron chi connectivity index (χ4n) is 3.47. The number of aromatic nitrogens is 2. The van der Waals surface area contributed by atoms with E-state index >= 15 is 0 Å². The zero-order valence-corrected chi connectivity index (χ0v) is 12.7. The molecule has 2 aromatic heterocycles. The van der Waals surface area contributed by atoms with E-state index in [0.29, 0.717) is 31.0 Å². The van der Waals surface area contributed by atoms with Crippen LogP contribution in [-0.2, 0) is 4.79 Å². The highest BCUT2D eigenvalue weighted by Gasteiger charge is 2.48. The number of nitrogens with zero attached hydrogens (tertiary/aromatic N) is 4. The monoisotopic (exact) mass is 312 g/mol. The Morgan fingerprint density at radius 2 is 2.04 bits per heavy atom. The molecule has 2 aromatic rings. The highest BCUT2D eigenvalue weighted by molar-refractivity contribution is 6.00. The fourth-order valence-corrected chi connectivity index (χ4v) is 3.47. The van der Waals surface area contributed by atoms with Crippen molar-refractivity contribution >= 4 is 17.5 Å². The van der Waals surface area contributed by atoms with Crippen molar-refractivity contribution in [2.45, 2.75) is 6.92 Å². The first-order valence-corrected chi connectivity index (χ1v) is 7.55. The van der Waals surface area contributed by atoms with Crippen molar-refractivity contribution in [3.8, 4) is 0 Å². The molecule has 0 aliphatic carbocycles. The molecule has 0 radical (unpaired) electrons. The number of fused-ring (bicyclic) bond motifs is 1. The van der Waals surface area contributed by atoms with E-state index in [9.17, 15) is 9.59 Å². The van der Waals surface area contributed by atoms with Gasteiger partial charge in [-0.2, -0.15) is 0 Å². The van der Waals surface area contributed by atoms with E-state index < -0.39 is 0 Å². The normalized spacial score (nSPS) is 23.4. The molecule has 4 heterocycles. The quantitative estimate of drug-likeness (QED) is 0.830. The van der Waals surface area contributed by atoms with Gasteiger partial charge in [-0.15, -0.1) is 0 Å². The Hall–Kier alpha value is -2.70. The molecule has 2 fully saturated rings. The van der Waals surface area contributed by atoms with Crippen molar-refractivity contribution in [1.82, 2.24) is 14.9 Å². The van der Waals surface area contributed by atoms with Crippen molar-refractivity contribution in [2.24, 2.45) is 11.8 Å². The van der Waals surface area contributed by atoms with Gasteiger partial charge in [0.1, 0.15) is 12.1 Å². The molecule has 0 N–H and O–H groups in total. The van der Waals surface area contributed by atoms with Crippen molar-refractivity contribution < 1.29 is 14.0 Å². The summed E-state index contributed by atoms with van der Waals surface area (Å²) in [6, 6.07) is 1.68. The predicted octanol–water partition coefficient (Wildman–Crippen LogP) is 1.11. The largest absolute Gasteiger partial charge is 0.469 e. The lowest BCUT2D eigenvalue weighted by Crippen LogP contribution is -2.35. The molecule has 2 saturated heterocycles. The molecular weight excluding hydrogens is 296 g/mol. The van der Waals surface area contributed by atoms with Gasteiger partial charge in [0.15, 0.2) is 0 Å². The second kappa shape index (κ2) is 5.19. The molecular formula is C16H16N4O3. The molecule has 0 unspecified atom stereocenters. The summed E-state index contributed by atoms with van der Waals surface area (Å²) in [5.41, 5.74) is 1.29. The van der Waals surface area contributed by atoms with Crippen LogP contribution in [0.3, 0.4) is 0 Å². The molecule has 2 atom stereocenters. The van der Waals surface area contributed by atoms with Gasteiger partial charge in [-0.25, -0.2) is 9.97 Å². The van der Waals surface area contributed by atoms with Gasteiger partial charge in [-0.1, -0.05) is 0 Å². The Labute approximate surface area is 132 Å². The minimum Gasteiger partial charge on any atom is -0.469 e. The van der Waals surface area contributed by atoms with E-state index in [2.05, 4.69) is 9.97 Å². The van der Waals surface area contributed by atoms with Gasteiger partial charge in [0.25, 0.3) is 5.91 Å². The molecule has 2 aliphatic heterocycles. The number of hydrogen-bond donors (Lipinski definition) is 0. The van der Waals surface area contributed by atoms with Crippen LogP contribution < -0.4 is 4.90 Å². The molecule has 23 heavy (non-hydrogen) atoms. The Morgan fingerprint density at radius 3 is 2.70 bits per heavy atom. The van der Waals surface area contributed by atoms with Crippen LogP contribution in [0.4, 0.5) is 5.69 Å². The third kappa shape index (κ3) is 2.19. The van der Waals surface area contributed by atoms with Gasteiger partial charge in [0.05, 0.1) is 35.8 Å². The van der Waals surface area contributed by atoms with Crippen LogP contribution in [0.25, 0.3) is 0 Å². The minimum atomic E-state index is -0.147. The van der Waals surface area contributed by atoms with Crippen LogP contribution in [0.1, 0.15) is 16.1 Å². The molecule has 2 aliphatic rings. The standard InChI is InChI=1S/C16H16N4O3/c1-10-13(2-3-23-10)15(21)19-6-11-7-20(16(22)14(11)8-19)12-4-17-9-18-5-12/h2-5,9,11,14H,6-8H2,1H3/t11-,14+/m0/s1. The summed E-state index contributed by atoms with van der Waals surface area (Å²) in [6.07, 6.45) is 6.24. The van der Waals surface area contributed by atoms with Gasteiger partial charge in [-0.3, -0.25) is 9.59 Å². The summed E-state index contributed by atoms with van der Waals surface area (Å²) >= 11 is 0. The lowest BCUT2D eigenvalue weighted by Gasteiger charge is -2.21. The summed E-state index contributed by atoms with van der Waals surface area (Å²) in [4.78, 5) is 36.6. The topological polar surface area (TPSA) is 79.5 Å². The van der Waals surface area contributed by atoms with Gasteiger partial charge in [0, 0.05) is 25.6 Å². The fraction of sp³-hybridized carbons (Fsp3) is 0.375. The smallest absolute Gasteiger partial charge is 0.257 e. The minimum absolute atomic E-state index is 0.0454. The molecule has 0 bridgehead atoms. The second-order valence-electron chi connectivity index (χ2n) is 6.01. The zero-order chi connectivity index (χ0) is 16.0. The molecule has 0 saturated carbocycles. The highest BCUT2D eigenvalue weighted by atomic mass is 16.3. The van der Waals surface area contributed by atoms with Crippen LogP contribution in [0.15, 0.2) is 35.5 Å². The first-order chi connectivity index (χ1) is 11.1. The average molecular weight is 312 g/mol.